The molecule has 0 aliphatic heterocycles. The van der Waals surface area contributed by atoms with Crippen LogP contribution in [0.5, 0.6) is 0 Å². The van der Waals surface area contributed by atoms with Gasteiger partial charge in [-0.2, -0.15) is 13.2 Å². The SMILES string of the molecule is O=C(CCNS(=O)(=O)c1ccccc1C(F)(F)F)NC(c1ccccc1)c1ccccc1. The second-order valence-electron chi connectivity index (χ2n) is 6.96. The summed E-state index contributed by atoms with van der Waals surface area (Å²) in [5.74, 6) is -0.450. The number of alkyl halides is 3. The number of amides is 1. The van der Waals surface area contributed by atoms with Crippen LogP contribution >= 0.6 is 0 Å². The lowest BCUT2D eigenvalue weighted by Crippen LogP contribution is -2.34. The Hall–Kier alpha value is -3.17. The molecule has 3 rings (SSSR count). The number of hydrogen-bond acceptors (Lipinski definition) is 3. The molecule has 0 heterocycles. The molecule has 0 fully saturated rings. The number of hydrogen-bond donors (Lipinski definition) is 2. The molecule has 3 aromatic rings. The van der Waals surface area contributed by atoms with E-state index in [-0.39, 0.29) is 13.0 Å². The summed E-state index contributed by atoms with van der Waals surface area (Å²) in [5, 5.41) is 2.86. The lowest BCUT2D eigenvalue weighted by atomic mass is 9.98. The van der Waals surface area contributed by atoms with Gasteiger partial charge in [0.25, 0.3) is 0 Å². The second kappa shape index (κ2) is 9.97. The minimum atomic E-state index is -4.82. The summed E-state index contributed by atoms with van der Waals surface area (Å²) >= 11 is 0. The summed E-state index contributed by atoms with van der Waals surface area (Å²) in [6, 6.07) is 21.9. The molecule has 5 nitrogen and oxygen atoms in total. The fourth-order valence-electron chi connectivity index (χ4n) is 3.20. The average Bonchev–Trinajstić information content (AvgIpc) is 2.78. The molecule has 1 amide bonds. The summed E-state index contributed by atoms with van der Waals surface area (Å²) in [6.07, 6.45) is -5.06. The molecular formula is C23H21F3N2O3S. The molecule has 0 unspecified atom stereocenters. The molecule has 0 saturated heterocycles. The topological polar surface area (TPSA) is 75.3 Å². The molecule has 168 valence electrons. The van der Waals surface area contributed by atoms with Crippen molar-refractivity contribution in [1.82, 2.24) is 10.0 Å². The van der Waals surface area contributed by atoms with E-state index in [4.69, 9.17) is 0 Å². The molecule has 0 aliphatic rings. The number of carbonyl (C=O) groups is 1. The predicted octanol–water partition coefficient (Wildman–Crippen LogP) is 4.28. The zero-order valence-electron chi connectivity index (χ0n) is 16.8. The molecule has 0 aromatic heterocycles. The molecule has 0 radical (unpaired) electrons. The Bertz CT molecular complexity index is 1110. The third kappa shape index (κ3) is 5.95. The number of benzene rings is 3. The molecule has 32 heavy (non-hydrogen) atoms. The summed E-state index contributed by atoms with van der Waals surface area (Å²) in [5.41, 5.74) is 0.420. The van der Waals surface area contributed by atoms with Gasteiger partial charge in [-0.1, -0.05) is 72.8 Å². The minimum Gasteiger partial charge on any atom is -0.345 e. The largest absolute Gasteiger partial charge is 0.417 e. The highest BCUT2D eigenvalue weighted by atomic mass is 32.2. The fraction of sp³-hybridized carbons (Fsp3) is 0.174. The maximum atomic E-state index is 13.1. The first-order valence-electron chi connectivity index (χ1n) is 9.73. The number of halogens is 3. The molecule has 2 N–H and O–H groups in total. The zero-order chi connectivity index (χ0) is 23.2. The van der Waals surface area contributed by atoms with E-state index in [1.807, 2.05) is 60.7 Å². The van der Waals surface area contributed by atoms with E-state index in [1.165, 1.54) is 6.07 Å². The van der Waals surface area contributed by atoms with Crippen LogP contribution in [0.4, 0.5) is 13.2 Å². The zero-order valence-corrected chi connectivity index (χ0v) is 17.7. The van der Waals surface area contributed by atoms with E-state index in [0.29, 0.717) is 6.07 Å². The molecule has 0 bridgehead atoms. The summed E-state index contributed by atoms with van der Waals surface area (Å²) in [4.78, 5) is 11.6. The highest BCUT2D eigenvalue weighted by molar-refractivity contribution is 7.89. The Morgan fingerprint density at radius 1 is 0.812 bits per heavy atom. The van der Waals surface area contributed by atoms with Crippen LogP contribution in [0.15, 0.2) is 89.8 Å². The van der Waals surface area contributed by atoms with Crippen LogP contribution in [-0.4, -0.2) is 20.9 Å². The third-order valence-corrected chi connectivity index (χ3v) is 6.22. The van der Waals surface area contributed by atoms with Crippen molar-refractivity contribution in [2.24, 2.45) is 0 Å². The van der Waals surface area contributed by atoms with Gasteiger partial charge in [-0.25, -0.2) is 13.1 Å². The van der Waals surface area contributed by atoms with Crippen LogP contribution in [0.2, 0.25) is 0 Å². The van der Waals surface area contributed by atoms with Crippen LogP contribution in [-0.2, 0) is 21.0 Å². The molecule has 0 aliphatic carbocycles. The predicted molar refractivity (Wildman–Crippen MR) is 114 cm³/mol. The van der Waals surface area contributed by atoms with Crippen LogP contribution < -0.4 is 10.0 Å². The van der Waals surface area contributed by atoms with Gasteiger partial charge in [0.2, 0.25) is 15.9 Å². The average molecular weight is 462 g/mol. The van der Waals surface area contributed by atoms with Crippen molar-refractivity contribution in [2.75, 3.05) is 6.54 Å². The minimum absolute atomic E-state index is 0.246. The highest BCUT2D eigenvalue weighted by Gasteiger charge is 2.36. The van der Waals surface area contributed by atoms with E-state index >= 15 is 0 Å². The first-order chi connectivity index (χ1) is 15.2. The lowest BCUT2D eigenvalue weighted by Gasteiger charge is -2.20. The van der Waals surface area contributed by atoms with Gasteiger partial charge in [-0.05, 0) is 23.3 Å². The Morgan fingerprint density at radius 2 is 1.31 bits per heavy atom. The van der Waals surface area contributed by atoms with Gasteiger partial charge in [0.15, 0.2) is 0 Å². The van der Waals surface area contributed by atoms with E-state index in [1.54, 1.807) is 0 Å². The molecule has 9 heteroatoms. The van der Waals surface area contributed by atoms with Gasteiger partial charge >= 0.3 is 6.18 Å². The molecule has 0 saturated carbocycles. The maximum Gasteiger partial charge on any atom is 0.417 e. The Kier molecular flexibility index (Phi) is 7.32. The number of rotatable bonds is 8. The van der Waals surface area contributed by atoms with Crippen molar-refractivity contribution in [2.45, 2.75) is 23.5 Å². The Morgan fingerprint density at radius 3 is 1.84 bits per heavy atom. The van der Waals surface area contributed by atoms with E-state index in [9.17, 15) is 26.4 Å². The van der Waals surface area contributed by atoms with Crippen LogP contribution in [0.25, 0.3) is 0 Å². The summed E-state index contributed by atoms with van der Waals surface area (Å²) < 4.78 is 66.3. The van der Waals surface area contributed by atoms with Crippen LogP contribution in [0.3, 0.4) is 0 Å². The maximum absolute atomic E-state index is 13.1. The van der Waals surface area contributed by atoms with E-state index in [0.717, 1.165) is 23.3 Å². The van der Waals surface area contributed by atoms with Gasteiger partial charge in [0.05, 0.1) is 16.5 Å². The van der Waals surface area contributed by atoms with Gasteiger partial charge in [0, 0.05) is 13.0 Å². The van der Waals surface area contributed by atoms with Gasteiger partial charge in [-0.3, -0.25) is 4.79 Å². The summed E-state index contributed by atoms with van der Waals surface area (Å²) in [6.45, 7) is -0.351. The molecule has 3 aromatic carbocycles. The monoisotopic (exact) mass is 462 g/mol. The van der Waals surface area contributed by atoms with Gasteiger partial charge in [0.1, 0.15) is 0 Å². The molecular weight excluding hydrogens is 441 g/mol. The van der Waals surface area contributed by atoms with Gasteiger partial charge in [-0.15, -0.1) is 0 Å². The quantitative estimate of drug-likeness (QED) is 0.525. The standard InChI is InChI=1S/C23H21F3N2O3S/c24-23(25,26)19-13-7-8-14-20(19)32(30,31)27-16-15-21(29)28-22(17-9-3-1-4-10-17)18-11-5-2-6-12-18/h1-14,22,27H,15-16H2,(H,28,29). The number of nitrogens with one attached hydrogen (secondary N) is 2. The van der Waals surface area contributed by atoms with Crippen molar-refractivity contribution in [1.29, 1.82) is 0 Å². The lowest BCUT2D eigenvalue weighted by molar-refractivity contribution is -0.139. The first-order valence-corrected chi connectivity index (χ1v) is 11.2. The number of sulfonamides is 1. The Balaban J connectivity index is 1.68. The van der Waals surface area contributed by atoms with Crippen LogP contribution in [0, 0.1) is 0 Å². The normalized spacial score (nSPS) is 12.0. The van der Waals surface area contributed by atoms with E-state index in [2.05, 4.69) is 10.0 Å². The second-order valence-corrected chi connectivity index (χ2v) is 8.70. The fourth-order valence-corrected chi connectivity index (χ4v) is 4.45. The van der Waals surface area contributed by atoms with Crippen molar-refractivity contribution in [3.05, 3.63) is 102 Å². The van der Waals surface area contributed by atoms with E-state index < -0.39 is 38.6 Å². The summed E-state index contributed by atoms with van der Waals surface area (Å²) in [7, 11) is -4.45. The molecule has 0 atom stereocenters. The smallest absolute Gasteiger partial charge is 0.345 e. The third-order valence-electron chi connectivity index (χ3n) is 4.70. The van der Waals surface area contributed by atoms with Gasteiger partial charge < -0.3 is 5.32 Å². The Labute approximate surface area is 184 Å². The van der Waals surface area contributed by atoms with Crippen molar-refractivity contribution < 1.29 is 26.4 Å². The molecule has 0 spiro atoms. The van der Waals surface area contributed by atoms with Crippen molar-refractivity contribution in [3.8, 4) is 0 Å². The highest BCUT2D eigenvalue weighted by Crippen LogP contribution is 2.33. The van der Waals surface area contributed by atoms with Crippen LogP contribution in [0.1, 0.15) is 29.2 Å². The van der Waals surface area contributed by atoms with Crippen molar-refractivity contribution in [3.63, 3.8) is 0 Å². The first kappa shape index (κ1) is 23.5. The van der Waals surface area contributed by atoms with Crippen molar-refractivity contribution >= 4 is 15.9 Å². The number of carbonyl (C=O) groups excluding carboxylic acids is 1.